The van der Waals surface area contributed by atoms with Gasteiger partial charge in [-0.3, -0.25) is 0 Å². The highest BCUT2D eigenvalue weighted by Crippen LogP contribution is 2.37. The van der Waals surface area contributed by atoms with Crippen molar-refractivity contribution in [3.63, 3.8) is 0 Å². The molecule has 4 rings (SSSR count). The summed E-state index contributed by atoms with van der Waals surface area (Å²) in [4.78, 5) is 20.6. The lowest BCUT2D eigenvalue weighted by atomic mass is 9.99. The first kappa shape index (κ1) is 13.3. The quantitative estimate of drug-likeness (QED) is 0.618. The number of fused-ring (bicyclic) bond motifs is 1. The van der Waals surface area contributed by atoms with E-state index in [1.165, 1.54) is 12.5 Å². The molecule has 0 unspecified atom stereocenters. The Balaban J connectivity index is 2.19. The molecule has 0 radical (unpaired) electrons. The summed E-state index contributed by atoms with van der Waals surface area (Å²) in [5.74, 6) is -0.219. The minimum atomic E-state index is -1.08. The molecule has 0 spiro atoms. The van der Waals surface area contributed by atoms with Crippen LogP contribution in [0.2, 0.25) is 0 Å². The zero-order valence-electron chi connectivity index (χ0n) is 11.8. The average molecular weight is 306 g/mol. The van der Waals surface area contributed by atoms with E-state index in [4.69, 9.17) is 8.83 Å². The van der Waals surface area contributed by atoms with Crippen LogP contribution >= 0.6 is 0 Å². The number of furan rings is 2. The Morgan fingerprint density at radius 2 is 1.74 bits per heavy atom. The zero-order valence-corrected chi connectivity index (χ0v) is 11.8. The molecule has 6 nitrogen and oxygen atoms in total. The summed E-state index contributed by atoms with van der Waals surface area (Å²) in [7, 11) is 0. The van der Waals surface area contributed by atoms with Gasteiger partial charge in [-0.05, 0) is 36.4 Å². The second-order valence-corrected chi connectivity index (χ2v) is 4.84. The van der Waals surface area contributed by atoms with Crippen molar-refractivity contribution in [2.75, 3.05) is 0 Å². The van der Waals surface area contributed by atoms with E-state index in [1.807, 2.05) is 0 Å². The molecule has 112 valence electrons. The van der Waals surface area contributed by atoms with Crippen LogP contribution in [-0.2, 0) is 0 Å². The maximum Gasteiger partial charge on any atom is 0.337 e. The minimum Gasteiger partial charge on any atom is -0.478 e. The van der Waals surface area contributed by atoms with Crippen LogP contribution in [0.3, 0.4) is 0 Å². The van der Waals surface area contributed by atoms with Gasteiger partial charge in [-0.25, -0.2) is 14.8 Å². The molecular formula is C17H10N2O4. The van der Waals surface area contributed by atoms with Crippen LogP contribution in [0.5, 0.6) is 0 Å². The first-order chi connectivity index (χ1) is 11.3. The summed E-state index contributed by atoms with van der Waals surface area (Å²) in [5.41, 5.74) is 1.18. The summed E-state index contributed by atoms with van der Waals surface area (Å²) in [5, 5.41) is 10.2. The second-order valence-electron chi connectivity index (χ2n) is 4.84. The van der Waals surface area contributed by atoms with Crippen LogP contribution in [0, 0.1) is 0 Å². The van der Waals surface area contributed by atoms with Gasteiger partial charge < -0.3 is 13.9 Å². The van der Waals surface area contributed by atoms with Gasteiger partial charge in [0.2, 0.25) is 0 Å². The van der Waals surface area contributed by atoms with Crippen molar-refractivity contribution < 1.29 is 18.7 Å². The van der Waals surface area contributed by atoms with Crippen molar-refractivity contribution in [3.05, 3.63) is 60.7 Å². The van der Waals surface area contributed by atoms with E-state index >= 15 is 0 Å². The number of carbonyl (C=O) groups is 1. The van der Waals surface area contributed by atoms with Gasteiger partial charge in [-0.1, -0.05) is 0 Å². The van der Waals surface area contributed by atoms with Gasteiger partial charge in [-0.2, -0.15) is 0 Å². The highest BCUT2D eigenvalue weighted by atomic mass is 16.4. The minimum absolute atomic E-state index is 0.0875. The van der Waals surface area contributed by atoms with Gasteiger partial charge in [0.25, 0.3) is 0 Å². The fourth-order valence-corrected chi connectivity index (χ4v) is 2.57. The summed E-state index contributed by atoms with van der Waals surface area (Å²) >= 11 is 0. The van der Waals surface area contributed by atoms with Crippen molar-refractivity contribution in [2.24, 2.45) is 0 Å². The van der Waals surface area contributed by atoms with E-state index in [0.717, 1.165) is 0 Å². The number of carboxylic acids is 1. The van der Waals surface area contributed by atoms with E-state index in [-0.39, 0.29) is 5.56 Å². The molecule has 0 saturated heterocycles. The average Bonchev–Trinajstić information content (AvgIpc) is 3.26. The Kier molecular flexibility index (Phi) is 2.94. The zero-order chi connectivity index (χ0) is 15.8. The van der Waals surface area contributed by atoms with Crippen LogP contribution in [0.4, 0.5) is 0 Å². The van der Waals surface area contributed by atoms with Gasteiger partial charge in [0.15, 0.2) is 11.4 Å². The monoisotopic (exact) mass is 306 g/mol. The van der Waals surface area contributed by atoms with Gasteiger partial charge >= 0.3 is 5.97 Å². The highest BCUT2D eigenvalue weighted by Gasteiger charge is 2.25. The summed E-state index contributed by atoms with van der Waals surface area (Å²) in [6, 6.07) is 10.2. The molecule has 0 aliphatic heterocycles. The van der Waals surface area contributed by atoms with Gasteiger partial charge in [0.05, 0.1) is 23.7 Å². The van der Waals surface area contributed by atoms with Gasteiger partial charge in [-0.15, -0.1) is 0 Å². The van der Waals surface area contributed by atoms with E-state index in [9.17, 15) is 9.90 Å². The van der Waals surface area contributed by atoms with Crippen LogP contribution < -0.4 is 0 Å². The molecule has 4 aromatic rings. The molecule has 0 aromatic carbocycles. The molecule has 0 fully saturated rings. The Morgan fingerprint density at radius 3 is 2.39 bits per heavy atom. The lowest BCUT2D eigenvalue weighted by Gasteiger charge is -2.11. The van der Waals surface area contributed by atoms with Gasteiger partial charge in [0.1, 0.15) is 11.5 Å². The molecule has 6 heteroatoms. The Hall–Kier alpha value is -3.41. The number of hydrogen-bond acceptors (Lipinski definition) is 5. The normalized spacial score (nSPS) is 11.0. The first-order valence-corrected chi connectivity index (χ1v) is 6.85. The maximum atomic E-state index is 11.9. The SMILES string of the molecule is O=C(O)c1c(-c2ccco2)c(-c2ccco2)nc2ncccc12. The van der Waals surface area contributed by atoms with Crippen molar-refractivity contribution in [1.29, 1.82) is 0 Å². The predicted molar refractivity (Wildman–Crippen MR) is 81.9 cm³/mol. The number of aromatic nitrogens is 2. The number of pyridine rings is 2. The van der Waals surface area contributed by atoms with Crippen LogP contribution in [0.1, 0.15) is 10.4 Å². The third kappa shape index (κ3) is 2.08. The molecule has 0 bridgehead atoms. The van der Waals surface area contributed by atoms with E-state index in [2.05, 4.69) is 9.97 Å². The fourth-order valence-electron chi connectivity index (χ4n) is 2.57. The molecule has 0 atom stereocenters. The predicted octanol–water partition coefficient (Wildman–Crippen LogP) is 3.85. The van der Waals surface area contributed by atoms with E-state index in [0.29, 0.717) is 33.8 Å². The number of rotatable bonds is 3. The van der Waals surface area contributed by atoms with Crippen LogP contribution in [0.15, 0.2) is 64.0 Å². The molecule has 1 N–H and O–H groups in total. The molecular weight excluding hydrogens is 296 g/mol. The number of nitrogens with zero attached hydrogens (tertiary/aromatic N) is 2. The number of hydrogen-bond donors (Lipinski definition) is 1. The van der Waals surface area contributed by atoms with E-state index in [1.54, 1.807) is 42.6 Å². The van der Waals surface area contributed by atoms with Crippen molar-refractivity contribution in [2.45, 2.75) is 0 Å². The standard InChI is InChI=1S/C17H10N2O4/c20-17(21)13-10-4-1-7-18-16(10)19-15(12-6-3-9-23-12)14(13)11-5-2-8-22-11/h1-9H,(H,20,21). The lowest BCUT2D eigenvalue weighted by molar-refractivity contribution is 0.0699. The number of aromatic carboxylic acids is 1. The van der Waals surface area contributed by atoms with Gasteiger partial charge in [0, 0.05) is 11.6 Å². The highest BCUT2D eigenvalue weighted by molar-refractivity contribution is 6.10. The molecule has 0 aliphatic rings. The Labute approximate surface area is 130 Å². The topological polar surface area (TPSA) is 89.4 Å². The van der Waals surface area contributed by atoms with Crippen LogP contribution in [0.25, 0.3) is 33.8 Å². The molecule has 0 amide bonds. The summed E-state index contributed by atoms with van der Waals surface area (Å²) in [6.07, 6.45) is 4.56. The summed E-state index contributed by atoms with van der Waals surface area (Å²) in [6.45, 7) is 0. The smallest absolute Gasteiger partial charge is 0.337 e. The summed E-state index contributed by atoms with van der Waals surface area (Å²) < 4.78 is 10.8. The third-order valence-corrected chi connectivity index (χ3v) is 3.50. The second kappa shape index (κ2) is 5.10. The van der Waals surface area contributed by atoms with Crippen molar-refractivity contribution >= 4 is 17.0 Å². The molecule has 4 aromatic heterocycles. The molecule has 0 saturated carbocycles. The molecule has 23 heavy (non-hydrogen) atoms. The molecule has 4 heterocycles. The van der Waals surface area contributed by atoms with Crippen molar-refractivity contribution in [3.8, 4) is 22.8 Å². The van der Waals surface area contributed by atoms with Crippen molar-refractivity contribution in [1.82, 2.24) is 9.97 Å². The molecule has 0 aliphatic carbocycles. The Morgan fingerprint density at radius 1 is 1.00 bits per heavy atom. The first-order valence-electron chi connectivity index (χ1n) is 6.85. The maximum absolute atomic E-state index is 11.9. The number of carboxylic acid groups (broad SMARTS) is 1. The fraction of sp³-hybridized carbons (Fsp3) is 0. The van der Waals surface area contributed by atoms with E-state index < -0.39 is 5.97 Å². The van der Waals surface area contributed by atoms with Crippen LogP contribution in [-0.4, -0.2) is 21.0 Å². The lowest BCUT2D eigenvalue weighted by Crippen LogP contribution is -2.05. The largest absolute Gasteiger partial charge is 0.478 e. The Bertz CT molecular complexity index is 989. The third-order valence-electron chi connectivity index (χ3n) is 3.50.